The van der Waals surface area contributed by atoms with Crippen LogP contribution in [-0.2, 0) is 6.42 Å². The van der Waals surface area contributed by atoms with Gasteiger partial charge in [0.2, 0.25) is 0 Å². The Morgan fingerprint density at radius 3 is 2.69 bits per heavy atom. The first-order valence-corrected chi connectivity index (χ1v) is 7.23. The van der Waals surface area contributed by atoms with Gasteiger partial charge < -0.3 is 5.32 Å². The van der Waals surface area contributed by atoms with E-state index in [1.807, 2.05) is 11.8 Å². The van der Waals surface area contributed by atoms with Gasteiger partial charge in [0.25, 0.3) is 0 Å². The highest BCUT2D eigenvalue weighted by Gasteiger charge is 2.08. The summed E-state index contributed by atoms with van der Waals surface area (Å²) in [6.07, 6.45) is 2.41. The van der Waals surface area contributed by atoms with Crippen molar-refractivity contribution in [2.45, 2.75) is 32.7 Å². The predicted molar refractivity (Wildman–Crippen MR) is 75.3 cm³/mol. The monoisotopic (exact) mass is 237 g/mol. The number of likely N-dealkylation sites (N-methyl/N-ethyl adjacent to an activating group) is 1. The van der Waals surface area contributed by atoms with Crippen LogP contribution < -0.4 is 5.32 Å². The number of thioether (sulfide) groups is 1. The molecule has 0 spiro atoms. The summed E-state index contributed by atoms with van der Waals surface area (Å²) in [6.45, 7) is 4.43. The minimum atomic E-state index is 0.595. The Bertz CT molecular complexity index is 299. The second kappa shape index (κ2) is 7.75. The third-order valence-electron chi connectivity index (χ3n) is 2.80. The van der Waals surface area contributed by atoms with Crippen molar-refractivity contribution < 1.29 is 0 Å². The molecule has 1 aromatic rings. The van der Waals surface area contributed by atoms with E-state index in [9.17, 15) is 0 Å². The molecule has 0 saturated heterocycles. The molecular formula is C14H23NS. The van der Waals surface area contributed by atoms with Gasteiger partial charge in [0.05, 0.1) is 0 Å². The molecule has 1 unspecified atom stereocenters. The first-order chi connectivity index (χ1) is 7.77. The van der Waals surface area contributed by atoms with Crippen LogP contribution in [0.4, 0.5) is 0 Å². The predicted octanol–water partition coefficient (Wildman–Crippen LogP) is 3.27. The highest BCUT2D eigenvalue weighted by atomic mass is 32.2. The Labute approximate surface area is 104 Å². The largest absolute Gasteiger partial charge is 0.316 e. The minimum absolute atomic E-state index is 0.595. The summed E-state index contributed by atoms with van der Waals surface area (Å²) < 4.78 is 0. The van der Waals surface area contributed by atoms with Crippen molar-refractivity contribution in [3.8, 4) is 0 Å². The molecule has 1 rings (SSSR count). The maximum Gasteiger partial charge on any atom is 0.0195 e. The first kappa shape index (κ1) is 13.6. The van der Waals surface area contributed by atoms with Gasteiger partial charge in [0, 0.05) is 11.8 Å². The first-order valence-electron chi connectivity index (χ1n) is 6.07. The zero-order valence-corrected chi connectivity index (χ0v) is 11.4. The van der Waals surface area contributed by atoms with Crippen LogP contribution in [0.5, 0.6) is 0 Å². The van der Waals surface area contributed by atoms with Gasteiger partial charge >= 0.3 is 0 Å². The average Bonchev–Trinajstić information content (AvgIpc) is 2.30. The Hall–Kier alpha value is -0.470. The zero-order valence-electron chi connectivity index (χ0n) is 10.6. The fraction of sp³-hybridized carbons (Fsp3) is 0.571. The van der Waals surface area contributed by atoms with Crippen molar-refractivity contribution in [1.82, 2.24) is 5.32 Å². The minimum Gasteiger partial charge on any atom is -0.316 e. The lowest BCUT2D eigenvalue weighted by atomic mass is 10.0. The fourth-order valence-electron chi connectivity index (χ4n) is 1.72. The molecule has 0 bridgehead atoms. The molecule has 2 heteroatoms. The maximum atomic E-state index is 3.42. The molecule has 0 radical (unpaired) electrons. The average molecular weight is 237 g/mol. The molecule has 0 heterocycles. The van der Waals surface area contributed by atoms with Crippen molar-refractivity contribution in [1.29, 1.82) is 0 Å². The Morgan fingerprint density at radius 2 is 2.06 bits per heavy atom. The van der Waals surface area contributed by atoms with Crippen LogP contribution in [0.15, 0.2) is 24.3 Å². The van der Waals surface area contributed by atoms with Crippen LogP contribution in [0.25, 0.3) is 0 Å². The van der Waals surface area contributed by atoms with Crippen LogP contribution in [0.3, 0.4) is 0 Å². The van der Waals surface area contributed by atoms with Crippen LogP contribution in [0.2, 0.25) is 0 Å². The van der Waals surface area contributed by atoms with E-state index in [1.165, 1.54) is 29.1 Å². The molecule has 0 saturated carbocycles. The molecule has 0 aliphatic heterocycles. The Morgan fingerprint density at radius 1 is 1.31 bits per heavy atom. The topological polar surface area (TPSA) is 12.0 Å². The third kappa shape index (κ3) is 4.58. The summed E-state index contributed by atoms with van der Waals surface area (Å²) in [5, 5.41) is 3.42. The van der Waals surface area contributed by atoms with Gasteiger partial charge in [-0.05, 0) is 43.7 Å². The molecule has 90 valence electrons. The van der Waals surface area contributed by atoms with E-state index >= 15 is 0 Å². The lowest BCUT2D eigenvalue weighted by Gasteiger charge is -2.17. The van der Waals surface area contributed by atoms with Gasteiger partial charge in [-0.1, -0.05) is 31.2 Å². The molecule has 0 amide bonds. The number of aryl methyl sites for hydroxylation is 1. The summed E-state index contributed by atoms with van der Waals surface area (Å²) in [5.41, 5.74) is 2.88. The molecule has 0 fully saturated rings. The van der Waals surface area contributed by atoms with Crippen LogP contribution in [0, 0.1) is 6.92 Å². The summed E-state index contributed by atoms with van der Waals surface area (Å²) in [5.74, 6) is 2.48. The Balaban J connectivity index is 2.46. The second-order valence-corrected chi connectivity index (χ2v) is 5.34. The molecule has 1 N–H and O–H groups in total. The third-order valence-corrected chi connectivity index (χ3v) is 4.14. The van der Waals surface area contributed by atoms with E-state index in [2.05, 4.69) is 50.5 Å². The number of hydrogen-bond donors (Lipinski definition) is 1. The molecule has 1 aromatic carbocycles. The summed E-state index contributed by atoms with van der Waals surface area (Å²) in [4.78, 5) is 0. The van der Waals surface area contributed by atoms with Crippen molar-refractivity contribution >= 4 is 11.8 Å². The van der Waals surface area contributed by atoms with Gasteiger partial charge in [-0.2, -0.15) is 11.8 Å². The number of rotatable bonds is 7. The maximum absolute atomic E-state index is 3.42. The van der Waals surface area contributed by atoms with E-state index in [1.54, 1.807) is 0 Å². The van der Waals surface area contributed by atoms with Gasteiger partial charge in [0.1, 0.15) is 0 Å². The van der Waals surface area contributed by atoms with Crippen LogP contribution in [0.1, 0.15) is 24.5 Å². The molecular weight excluding hydrogens is 214 g/mol. The van der Waals surface area contributed by atoms with Crippen molar-refractivity contribution in [2.24, 2.45) is 0 Å². The number of benzene rings is 1. The molecule has 1 nitrogen and oxygen atoms in total. The van der Waals surface area contributed by atoms with E-state index in [0.717, 1.165) is 6.42 Å². The smallest absolute Gasteiger partial charge is 0.0195 e. The second-order valence-electron chi connectivity index (χ2n) is 4.19. The molecule has 1 atom stereocenters. The molecule has 0 aliphatic carbocycles. The van der Waals surface area contributed by atoms with E-state index < -0.39 is 0 Å². The van der Waals surface area contributed by atoms with Gasteiger partial charge in [-0.25, -0.2) is 0 Å². The zero-order chi connectivity index (χ0) is 11.8. The summed E-state index contributed by atoms with van der Waals surface area (Å²) >= 11 is 2.05. The van der Waals surface area contributed by atoms with Crippen molar-refractivity contribution in [3.05, 3.63) is 35.4 Å². The van der Waals surface area contributed by atoms with E-state index in [4.69, 9.17) is 0 Å². The number of hydrogen-bond acceptors (Lipinski definition) is 2. The number of nitrogens with one attached hydrogen (secondary N) is 1. The molecule has 16 heavy (non-hydrogen) atoms. The highest BCUT2D eigenvalue weighted by Crippen LogP contribution is 2.13. The lowest BCUT2D eigenvalue weighted by molar-refractivity contribution is 0.615. The highest BCUT2D eigenvalue weighted by molar-refractivity contribution is 7.99. The van der Waals surface area contributed by atoms with Crippen molar-refractivity contribution in [3.63, 3.8) is 0 Å². The molecule has 0 aliphatic rings. The summed E-state index contributed by atoms with van der Waals surface area (Å²) in [6, 6.07) is 9.27. The van der Waals surface area contributed by atoms with Crippen LogP contribution in [-0.4, -0.2) is 24.6 Å². The van der Waals surface area contributed by atoms with E-state index in [-0.39, 0.29) is 0 Å². The lowest BCUT2D eigenvalue weighted by Crippen LogP contribution is -2.30. The Kier molecular flexibility index (Phi) is 6.58. The van der Waals surface area contributed by atoms with Gasteiger partial charge in [-0.3, -0.25) is 0 Å². The van der Waals surface area contributed by atoms with E-state index in [0.29, 0.717) is 6.04 Å². The normalized spacial score (nSPS) is 12.7. The van der Waals surface area contributed by atoms with Gasteiger partial charge in [0.15, 0.2) is 0 Å². The van der Waals surface area contributed by atoms with Crippen molar-refractivity contribution in [2.75, 3.05) is 18.6 Å². The standard InChI is InChI=1S/C14H23NS/c1-4-9-16-11-14(15-3)10-13-8-6-5-7-12(13)2/h5-8,14-15H,4,9-11H2,1-3H3. The fourth-order valence-corrected chi connectivity index (χ4v) is 2.74. The summed E-state index contributed by atoms with van der Waals surface area (Å²) in [7, 11) is 2.06. The quantitative estimate of drug-likeness (QED) is 0.731. The SMILES string of the molecule is CCCSCC(Cc1ccccc1C)NC. The van der Waals surface area contributed by atoms with Gasteiger partial charge in [-0.15, -0.1) is 0 Å². The van der Waals surface area contributed by atoms with Crippen LogP contribution >= 0.6 is 11.8 Å². The molecule has 0 aromatic heterocycles.